The molecule has 2 N–H and O–H groups in total. The lowest BCUT2D eigenvalue weighted by Crippen LogP contribution is -2.04. The highest BCUT2D eigenvalue weighted by atomic mass is 16.3. The van der Waals surface area contributed by atoms with Crippen LogP contribution in [0.15, 0.2) is 16.9 Å². The van der Waals surface area contributed by atoms with Gasteiger partial charge in [0, 0.05) is 0 Å². The number of rotatable bonds is 1. The first-order chi connectivity index (χ1) is 3.80. The maximum atomic E-state index is 5.40. The third kappa shape index (κ3) is 0.869. The van der Waals surface area contributed by atoms with Gasteiger partial charge in [0.15, 0.2) is 0 Å². The molecule has 44 valence electrons. The van der Waals surface area contributed by atoms with Crippen LogP contribution in [0.1, 0.15) is 18.9 Å². The van der Waals surface area contributed by atoms with Crippen molar-refractivity contribution in [3.05, 3.63) is 18.4 Å². The first-order valence-electron chi connectivity index (χ1n) is 2.45. The van der Waals surface area contributed by atoms with E-state index in [9.17, 15) is 0 Å². The molecule has 0 amide bonds. The lowest BCUT2D eigenvalue weighted by atomic mass is 10.4. The van der Waals surface area contributed by atoms with Crippen LogP contribution in [0.25, 0.3) is 0 Å². The fourth-order valence-electron chi connectivity index (χ4n) is 0.459. The molecule has 3 nitrogen and oxygen atoms in total. The molecule has 1 aromatic rings. The Kier molecular flexibility index (Phi) is 1.30. The van der Waals surface area contributed by atoms with Crippen LogP contribution in [0.4, 0.5) is 0 Å². The molecule has 1 heterocycles. The largest absolute Gasteiger partial charge is 0.447 e. The molecule has 0 unspecified atom stereocenters. The van der Waals surface area contributed by atoms with Crippen molar-refractivity contribution in [3.63, 3.8) is 0 Å². The minimum absolute atomic E-state index is 0.0926. The van der Waals surface area contributed by atoms with E-state index in [0.717, 1.165) is 0 Å². The standard InChI is InChI=1S/C5H8N2O/c1-4(6)5-7-2-3-8-5/h2-4H,6H2,1H3/t4-/m0/s1. The minimum atomic E-state index is -0.0926. The Morgan fingerprint density at radius 2 is 2.62 bits per heavy atom. The van der Waals surface area contributed by atoms with Crippen LogP contribution in [0.3, 0.4) is 0 Å². The Labute approximate surface area is 47.5 Å². The summed E-state index contributed by atoms with van der Waals surface area (Å²) in [4.78, 5) is 3.82. The van der Waals surface area contributed by atoms with E-state index >= 15 is 0 Å². The van der Waals surface area contributed by atoms with E-state index in [1.165, 1.54) is 6.26 Å². The summed E-state index contributed by atoms with van der Waals surface area (Å²) in [5.74, 6) is 0.588. The minimum Gasteiger partial charge on any atom is -0.447 e. The number of nitrogens with two attached hydrogens (primary N) is 1. The number of aromatic nitrogens is 1. The quantitative estimate of drug-likeness (QED) is 0.581. The maximum absolute atomic E-state index is 5.40. The summed E-state index contributed by atoms with van der Waals surface area (Å²) in [6, 6.07) is -0.0926. The van der Waals surface area contributed by atoms with Gasteiger partial charge in [0.05, 0.1) is 12.2 Å². The average molecular weight is 112 g/mol. The van der Waals surface area contributed by atoms with Crippen molar-refractivity contribution in [3.8, 4) is 0 Å². The van der Waals surface area contributed by atoms with Gasteiger partial charge in [-0.2, -0.15) is 0 Å². The third-order valence-electron chi connectivity index (χ3n) is 0.841. The molecule has 0 bridgehead atoms. The lowest BCUT2D eigenvalue weighted by Gasteiger charge is -1.93. The van der Waals surface area contributed by atoms with E-state index in [-0.39, 0.29) is 6.04 Å². The van der Waals surface area contributed by atoms with E-state index in [1.54, 1.807) is 6.20 Å². The summed E-state index contributed by atoms with van der Waals surface area (Å²) < 4.78 is 4.86. The molecule has 1 aromatic heterocycles. The molecule has 0 saturated heterocycles. The van der Waals surface area contributed by atoms with E-state index in [2.05, 4.69) is 4.98 Å². The van der Waals surface area contributed by atoms with Gasteiger partial charge in [0.2, 0.25) is 5.89 Å². The summed E-state index contributed by atoms with van der Waals surface area (Å²) in [7, 11) is 0. The predicted molar refractivity (Wildman–Crippen MR) is 29.1 cm³/mol. The zero-order chi connectivity index (χ0) is 5.98. The number of nitrogens with zero attached hydrogens (tertiary/aromatic N) is 1. The van der Waals surface area contributed by atoms with Gasteiger partial charge in [0.1, 0.15) is 6.26 Å². The van der Waals surface area contributed by atoms with E-state index < -0.39 is 0 Å². The molecule has 1 atom stereocenters. The first-order valence-corrected chi connectivity index (χ1v) is 2.45. The van der Waals surface area contributed by atoms with Crippen molar-refractivity contribution in [2.75, 3.05) is 0 Å². The van der Waals surface area contributed by atoms with Crippen molar-refractivity contribution in [1.82, 2.24) is 4.98 Å². The van der Waals surface area contributed by atoms with Crippen LogP contribution in [0, 0.1) is 0 Å². The Morgan fingerprint density at radius 3 is 2.88 bits per heavy atom. The number of hydrogen-bond acceptors (Lipinski definition) is 3. The van der Waals surface area contributed by atoms with Crippen LogP contribution in [-0.4, -0.2) is 4.98 Å². The molecule has 0 spiro atoms. The summed E-state index contributed by atoms with van der Waals surface area (Å²) in [5, 5.41) is 0. The molecular weight excluding hydrogens is 104 g/mol. The fraction of sp³-hybridized carbons (Fsp3) is 0.400. The molecule has 0 radical (unpaired) electrons. The van der Waals surface area contributed by atoms with Crippen molar-refractivity contribution in [1.29, 1.82) is 0 Å². The van der Waals surface area contributed by atoms with Crippen molar-refractivity contribution in [2.24, 2.45) is 5.73 Å². The highest BCUT2D eigenvalue weighted by Gasteiger charge is 2.00. The second kappa shape index (κ2) is 1.96. The van der Waals surface area contributed by atoms with Crippen molar-refractivity contribution in [2.45, 2.75) is 13.0 Å². The molecular formula is C5H8N2O. The number of oxazole rings is 1. The normalized spacial score (nSPS) is 13.8. The van der Waals surface area contributed by atoms with Crippen LogP contribution >= 0.6 is 0 Å². The Morgan fingerprint density at radius 1 is 1.88 bits per heavy atom. The zero-order valence-electron chi connectivity index (χ0n) is 4.66. The maximum Gasteiger partial charge on any atom is 0.210 e. The summed E-state index contributed by atoms with van der Waals surface area (Å²) in [5.41, 5.74) is 5.40. The fourth-order valence-corrected chi connectivity index (χ4v) is 0.459. The van der Waals surface area contributed by atoms with Crippen LogP contribution in [-0.2, 0) is 0 Å². The molecule has 3 heteroatoms. The number of hydrogen-bond donors (Lipinski definition) is 1. The predicted octanol–water partition coefficient (Wildman–Crippen LogP) is 0.694. The van der Waals surface area contributed by atoms with Gasteiger partial charge in [-0.05, 0) is 6.92 Å². The molecule has 0 fully saturated rings. The topological polar surface area (TPSA) is 52.0 Å². The monoisotopic (exact) mass is 112 g/mol. The Hall–Kier alpha value is -0.830. The first kappa shape index (κ1) is 5.31. The second-order valence-corrected chi connectivity index (χ2v) is 1.66. The molecule has 8 heavy (non-hydrogen) atoms. The van der Waals surface area contributed by atoms with E-state index in [0.29, 0.717) is 5.89 Å². The average Bonchev–Trinajstić information content (AvgIpc) is 2.12. The molecule has 0 aromatic carbocycles. The SMILES string of the molecule is C[C@H](N)c1ncco1. The molecule has 0 aliphatic rings. The Bertz CT molecular complexity index is 145. The van der Waals surface area contributed by atoms with Gasteiger partial charge in [-0.25, -0.2) is 4.98 Å². The van der Waals surface area contributed by atoms with E-state index in [1.807, 2.05) is 6.92 Å². The summed E-state index contributed by atoms with van der Waals surface area (Å²) in [6.45, 7) is 1.83. The second-order valence-electron chi connectivity index (χ2n) is 1.66. The third-order valence-corrected chi connectivity index (χ3v) is 0.841. The van der Waals surface area contributed by atoms with Gasteiger partial charge >= 0.3 is 0 Å². The summed E-state index contributed by atoms with van der Waals surface area (Å²) in [6.07, 6.45) is 3.09. The zero-order valence-corrected chi connectivity index (χ0v) is 4.66. The molecule has 1 rings (SSSR count). The van der Waals surface area contributed by atoms with Crippen LogP contribution in [0.5, 0.6) is 0 Å². The van der Waals surface area contributed by atoms with Gasteiger partial charge < -0.3 is 10.2 Å². The highest BCUT2D eigenvalue weighted by molar-refractivity contribution is 4.84. The highest BCUT2D eigenvalue weighted by Crippen LogP contribution is 2.03. The molecule has 0 aliphatic heterocycles. The van der Waals surface area contributed by atoms with Crippen molar-refractivity contribution < 1.29 is 4.42 Å². The van der Waals surface area contributed by atoms with Crippen molar-refractivity contribution >= 4 is 0 Å². The molecule has 0 aliphatic carbocycles. The van der Waals surface area contributed by atoms with Gasteiger partial charge in [0.25, 0.3) is 0 Å². The lowest BCUT2D eigenvalue weighted by molar-refractivity contribution is 0.463. The molecule has 0 saturated carbocycles. The van der Waals surface area contributed by atoms with Gasteiger partial charge in [-0.3, -0.25) is 0 Å². The smallest absolute Gasteiger partial charge is 0.210 e. The summed E-state index contributed by atoms with van der Waals surface area (Å²) >= 11 is 0. The van der Waals surface area contributed by atoms with Gasteiger partial charge in [-0.1, -0.05) is 0 Å². The van der Waals surface area contributed by atoms with E-state index in [4.69, 9.17) is 10.2 Å². The van der Waals surface area contributed by atoms with Crippen LogP contribution < -0.4 is 5.73 Å². The van der Waals surface area contributed by atoms with Gasteiger partial charge in [-0.15, -0.1) is 0 Å². The Balaban J connectivity index is 2.77. The van der Waals surface area contributed by atoms with Crippen LogP contribution in [0.2, 0.25) is 0 Å².